The SMILES string of the molecule is N#CC1(c2ccc(Cl)c(Cl)c2)CCN(Cc2ccccc2)CC1. The fraction of sp³-hybridized carbons (Fsp3) is 0.316. The van der Waals surface area contributed by atoms with E-state index in [9.17, 15) is 5.26 Å². The molecule has 0 unspecified atom stereocenters. The summed E-state index contributed by atoms with van der Waals surface area (Å²) in [5, 5.41) is 10.8. The van der Waals surface area contributed by atoms with E-state index in [1.165, 1.54) is 5.56 Å². The average Bonchev–Trinajstić information content (AvgIpc) is 2.59. The van der Waals surface area contributed by atoms with Crippen LogP contribution >= 0.6 is 23.2 Å². The molecule has 2 nitrogen and oxygen atoms in total. The Bertz CT molecular complexity index is 714. The molecule has 0 radical (unpaired) electrons. The highest BCUT2D eigenvalue weighted by molar-refractivity contribution is 6.42. The first kappa shape index (κ1) is 16.3. The van der Waals surface area contributed by atoms with Crippen LogP contribution in [0.3, 0.4) is 0 Å². The fourth-order valence-electron chi connectivity index (χ4n) is 3.19. The van der Waals surface area contributed by atoms with E-state index in [1.807, 2.05) is 18.2 Å². The van der Waals surface area contributed by atoms with Crippen molar-refractivity contribution in [3.8, 4) is 6.07 Å². The highest BCUT2D eigenvalue weighted by Gasteiger charge is 2.36. The standard InChI is InChI=1S/C19H18Cl2N2/c20-17-7-6-16(12-18(17)21)19(14-22)8-10-23(11-9-19)13-15-4-2-1-3-5-15/h1-7,12H,8-11,13H2. The number of halogens is 2. The molecular weight excluding hydrogens is 327 g/mol. The van der Waals surface area contributed by atoms with Gasteiger partial charge >= 0.3 is 0 Å². The van der Waals surface area contributed by atoms with Crippen LogP contribution < -0.4 is 0 Å². The Morgan fingerprint density at radius 2 is 1.70 bits per heavy atom. The van der Waals surface area contributed by atoms with E-state index in [2.05, 4.69) is 35.2 Å². The zero-order chi connectivity index (χ0) is 16.3. The first-order valence-electron chi connectivity index (χ1n) is 7.76. The molecule has 1 heterocycles. The maximum Gasteiger partial charge on any atom is 0.0847 e. The van der Waals surface area contributed by atoms with Crippen molar-refractivity contribution < 1.29 is 0 Å². The molecular formula is C19H18Cl2N2. The Morgan fingerprint density at radius 3 is 2.30 bits per heavy atom. The summed E-state index contributed by atoms with van der Waals surface area (Å²) in [5.41, 5.74) is 1.83. The van der Waals surface area contributed by atoms with E-state index in [1.54, 1.807) is 6.07 Å². The van der Waals surface area contributed by atoms with E-state index in [0.717, 1.165) is 38.0 Å². The van der Waals surface area contributed by atoms with Crippen LogP contribution in [0.5, 0.6) is 0 Å². The van der Waals surface area contributed by atoms with E-state index in [4.69, 9.17) is 23.2 Å². The summed E-state index contributed by atoms with van der Waals surface area (Å²) in [6.45, 7) is 2.75. The molecule has 0 bridgehead atoms. The third-order valence-electron chi connectivity index (χ3n) is 4.64. The molecule has 0 aliphatic carbocycles. The number of nitriles is 1. The highest BCUT2D eigenvalue weighted by atomic mass is 35.5. The molecule has 1 fully saturated rings. The summed E-state index contributed by atoms with van der Waals surface area (Å²) in [6.07, 6.45) is 1.63. The lowest BCUT2D eigenvalue weighted by Crippen LogP contribution is -2.41. The third kappa shape index (κ3) is 3.53. The van der Waals surface area contributed by atoms with Gasteiger partial charge in [-0.3, -0.25) is 4.90 Å². The van der Waals surface area contributed by atoms with Gasteiger partial charge in [0, 0.05) is 19.6 Å². The van der Waals surface area contributed by atoms with Crippen molar-refractivity contribution in [2.75, 3.05) is 13.1 Å². The molecule has 1 aliphatic rings. The summed E-state index contributed by atoms with van der Waals surface area (Å²) >= 11 is 12.1. The van der Waals surface area contributed by atoms with Gasteiger partial charge in [0.2, 0.25) is 0 Å². The summed E-state index contributed by atoms with van der Waals surface area (Å²) in [7, 11) is 0. The van der Waals surface area contributed by atoms with Crippen LogP contribution in [0.1, 0.15) is 24.0 Å². The second-order valence-electron chi connectivity index (χ2n) is 6.08. The largest absolute Gasteiger partial charge is 0.299 e. The van der Waals surface area contributed by atoms with Gasteiger partial charge in [-0.15, -0.1) is 0 Å². The molecule has 2 aromatic carbocycles. The Hall–Kier alpha value is -1.53. The van der Waals surface area contributed by atoms with Crippen molar-refractivity contribution in [3.63, 3.8) is 0 Å². The Labute approximate surface area is 147 Å². The zero-order valence-corrected chi connectivity index (χ0v) is 14.3. The van der Waals surface area contributed by atoms with E-state index in [-0.39, 0.29) is 0 Å². The molecule has 118 valence electrons. The van der Waals surface area contributed by atoms with Gasteiger partial charge in [-0.1, -0.05) is 59.6 Å². The third-order valence-corrected chi connectivity index (χ3v) is 5.38. The lowest BCUT2D eigenvalue weighted by molar-refractivity contribution is 0.179. The number of hydrogen-bond donors (Lipinski definition) is 0. The number of likely N-dealkylation sites (tertiary alicyclic amines) is 1. The lowest BCUT2D eigenvalue weighted by Gasteiger charge is -2.37. The minimum absolute atomic E-state index is 0.457. The minimum Gasteiger partial charge on any atom is -0.299 e. The number of hydrogen-bond acceptors (Lipinski definition) is 2. The van der Waals surface area contributed by atoms with Gasteiger partial charge in [0.15, 0.2) is 0 Å². The Morgan fingerprint density at radius 1 is 1.00 bits per heavy atom. The second-order valence-corrected chi connectivity index (χ2v) is 6.90. The first-order valence-corrected chi connectivity index (χ1v) is 8.52. The lowest BCUT2D eigenvalue weighted by atomic mass is 9.74. The summed E-state index contributed by atoms with van der Waals surface area (Å²) in [4.78, 5) is 2.41. The van der Waals surface area contributed by atoms with Gasteiger partial charge in [0.05, 0.1) is 21.5 Å². The molecule has 0 atom stereocenters. The molecule has 23 heavy (non-hydrogen) atoms. The molecule has 0 saturated carbocycles. The quantitative estimate of drug-likeness (QED) is 0.778. The van der Waals surface area contributed by atoms with Crippen molar-refractivity contribution >= 4 is 23.2 Å². The monoisotopic (exact) mass is 344 g/mol. The molecule has 0 amide bonds. The van der Waals surface area contributed by atoms with Gasteiger partial charge in [-0.2, -0.15) is 5.26 Å². The molecule has 0 spiro atoms. The van der Waals surface area contributed by atoms with Gasteiger partial charge in [0.25, 0.3) is 0 Å². The Balaban J connectivity index is 1.72. The maximum absolute atomic E-state index is 9.79. The predicted octanol–water partition coefficient (Wildman–Crippen LogP) is 5.05. The van der Waals surface area contributed by atoms with Crippen LogP contribution in [0, 0.1) is 11.3 Å². The molecule has 1 saturated heterocycles. The van der Waals surface area contributed by atoms with Crippen LogP contribution in [0.2, 0.25) is 10.0 Å². The van der Waals surface area contributed by atoms with Crippen LogP contribution in [0.25, 0.3) is 0 Å². The Kier molecular flexibility index (Phi) is 4.92. The van der Waals surface area contributed by atoms with Crippen LogP contribution in [0.4, 0.5) is 0 Å². The molecule has 3 rings (SSSR count). The van der Waals surface area contributed by atoms with Gasteiger partial charge in [0.1, 0.15) is 0 Å². The maximum atomic E-state index is 9.79. The minimum atomic E-state index is -0.457. The number of piperidine rings is 1. The molecule has 4 heteroatoms. The molecule has 1 aliphatic heterocycles. The summed E-state index contributed by atoms with van der Waals surface area (Å²) in [5.74, 6) is 0. The highest BCUT2D eigenvalue weighted by Crippen LogP contribution is 2.37. The van der Waals surface area contributed by atoms with Gasteiger partial charge < -0.3 is 0 Å². The van der Waals surface area contributed by atoms with Crippen molar-refractivity contribution in [2.24, 2.45) is 0 Å². The predicted molar refractivity (Wildman–Crippen MR) is 94.7 cm³/mol. The number of benzene rings is 2. The number of nitrogens with zero attached hydrogens (tertiary/aromatic N) is 2. The normalized spacial score (nSPS) is 17.6. The van der Waals surface area contributed by atoms with E-state index in [0.29, 0.717) is 10.0 Å². The van der Waals surface area contributed by atoms with Crippen molar-refractivity contribution in [2.45, 2.75) is 24.8 Å². The average molecular weight is 345 g/mol. The molecule has 0 aromatic heterocycles. The first-order chi connectivity index (χ1) is 11.1. The fourth-order valence-corrected chi connectivity index (χ4v) is 3.49. The van der Waals surface area contributed by atoms with Crippen LogP contribution in [0.15, 0.2) is 48.5 Å². The van der Waals surface area contributed by atoms with Crippen molar-refractivity contribution in [1.82, 2.24) is 4.90 Å². The molecule has 0 N–H and O–H groups in total. The van der Waals surface area contributed by atoms with E-state index < -0.39 is 5.41 Å². The van der Waals surface area contributed by atoms with Crippen molar-refractivity contribution in [3.05, 3.63) is 69.7 Å². The van der Waals surface area contributed by atoms with E-state index >= 15 is 0 Å². The summed E-state index contributed by atoms with van der Waals surface area (Å²) in [6, 6.07) is 18.6. The van der Waals surface area contributed by atoms with Crippen LogP contribution in [-0.4, -0.2) is 18.0 Å². The molecule has 2 aromatic rings. The van der Waals surface area contributed by atoms with Crippen molar-refractivity contribution in [1.29, 1.82) is 5.26 Å². The van der Waals surface area contributed by atoms with Crippen LogP contribution in [-0.2, 0) is 12.0 Å². The zero-order valence-electron chi connectivity index (χ0n) is 12.8. The smallest absolute Gasteiger partial charge is 0.0847 e. The van der Waals surface area contributed by atoms with Gasteiger partial charge in [-0.25, -0.2) is 0 Å². The topological polar surface area (TPSA) is 27.0 Å². The van der Waals surface area contributed by atoms with Gasteiger partial charge in [-0.05, 0) is 36.1 Å². The number of rotatable bonds is 3. The second kappa shape index (κ2) is 6.93. The summed E-state index contributed by atoms with van der Waals surface area (Å²) < 4.78 is 0.